The van der Waals surface area contributed by atoms with E-state index in [1.807, 2.05) is 0 Å². The summed E-state index contributed by atoms with van der Waals surface area (Å²) in [5.74, 6) is -1.35. The van der Waals surface area contributed by atoms with Crippen molar-refractivity contribution in [2.45, 2.75) is 5.75 Å². The van der Waals surface area contributed by atoms with Crippen LogP contribution in [0.2, 0.25) is 0 Å². The van der Waals surface area contributed by atoms with Crippen LogP contribution in [0.3, 0.4) is 0 Å². The van der Waals surface area contributed by atoms with E-state index in [0.717, 1.165) is 6.26 Å². The highest BCUT2D eigenvalue weighted by atomic mass is 32.2. The van der Waals surface area contributed by atoms with Gasteiger partial charge in [0.05, 0.1) is 5.75 Å². The Balaban J connectivity index is 3.19. The molecule has 0 saturated heterocycles. The average Bonchev–Trinajstić information content (AvgIpc) is 2.18. The summed E-state index contributed by atoms with van der Waals surface area (Å²) in [6.07, 6.45) is 1.15. The van der Waals surface area contributed by atoms with Gasteiger partial charge in [-0.25, -0.2) is 8.42 Å². The van der Waals surface area contributed by atoms with Crippen LogP contribution in [0, 0.1) is 0 Å². The summed E-state index contributed by atoms with van der Waals surface area (Å²) in [4.78, 5) is 21.3. The van der Waals surface area contributed by atoms with E-state index in [4.69, 9.17) is 0 Å². The molecule has 0 heterocycles. The number of ketones is 1. The molecule has 0 bridgehead atoms. The topological polar surface area (TPSA) is 88.5 Å². The van der Waals surface area contributed by atoms with Gasteiger partial charge in [-0.3, -0.25) is 9.59 Å². The lowest BCUT2D eigenvalue weighted by Gasteiger charge is -2.04. The number of sulfone groups is 1. The van der Waals surface area contributed by atoms with E-state index in [1.165, 1.54) is 18.2 Å². The number of aromatic hydroxyl groups is 1. The third-order valence-electron chi connectivity index (χ3n) is 1.89. The molecule has 1 aromatic rings. The van der Waals surface area contributed by atoms with Gasteiger partial charge in [0.15, 0.2) is 16.1 Å². The number of hydrogen-bond acceptors (Lipinski definition) is 5. The molecule has 6 heteroatoms. The summed E-state index contributed by atoms with van der Waals surface area (Å²) >= 11 is 0. The van der Waals surface area contributed by atoms with Gasteiger partial charge in [0, 0.05) is 17.4 Å². The maximum absolute atomic E-state index is 11.0. The molecule has 0 amide bonds. The minimum Gasteiger partial charge on any atom is -0.508 e. The van der Waals surface area contributed by atoms with Crippen LogP contribution in [0.5, 0.6) is 5.75 Å². The van der Waals surface area contributed by atoms with E-state index in [1.54, 1.807) is 0 Å². The molecule has 0 aliphatic carbocycles. The summed E-state index contributed by atoms with van der Waals surface area (Å²) in [5, 5.41) is 9.39. The first-order valence-electron chi connectivity index (χ1n) is 4.32. The van der Waals surface area contributed by atoms with Crippen molar-refractivity contribution in [2.24, 2.45) is 0 Å². The molecule has 5 nitrogen and oxygen atoms in total. The van der Waals surface area contributed by atoms with Gasteiger partial charge in [-0.05, 0) is 18.2 Å². The van der Waals surface area contributed by atoms with Crippen molar-refractivity contribution in [3.8, 4) is 5.75 Å². The van der Waals surface area contributed by atoms with Gasteiger partial charge >= 0.3 is 0 Å². The number of aldehydes is 1. The molecule has 16 heavy (non-hydrogen) atoms. The van der Waals surface area contributed by atoms with Crippen molar-refractivity contribution in [1.82, 2.24) is 0 Å². The molecule has 0 saturated carbocycles. The first-order chi connectivity index (χ1) is 7.33. The number of phenols is 1. The SMILES string of the molecule is CS(=O)(=O)Cc1cc(C(=O)C=O)ccc1O. The minimum atomic E-state index is -3.31. The van der Waals surface area contributed by atoms with E-state index < -0.39 is 15.6 Å². The molecule has 0 aliphatic rings. The van der Waals surface area contributed by atoms with Crippen LogP contribution in [0.4, 0.5) is 0 Å². The second-order valence-corrected chi connectivity index (χ2v) is 5.54. The summed E-state index contributed by atoms with van der Waals surface area (Å²) in [7, 11) is -3.31. The van der Waals surface area contributed by atoms with Crippen LogP contribution in [-0.2, 0) is 20.4 Å². The number of carbonyl (C=O) groups is 2. The van der Waals surface area contributed by atoms with Gasteiger partial charge in [0.25, 0.3) is 0 Å². The van der Waals surface area contributed by atoms with Crippen molar-refractivity contribution in [3.63, 3.8) is 0 Å². The van der Waals surface area contributed by atoms with Crippen LogP contribution in [0.25, 0.3) is 0 Å². The fraction of sp³-hybridized carbons (Fsp3) is 0.200. The molecule has 1 aromatic carbocycles. The predicted octanol–water partition coefficient (Wildman–Crippen LogP) is 0.318. The summed E-state index contributed by atoms with van der Waals surface area (Å²) in [6, 6.07) is 3.65. The molecule has 0 aliphatic heterocycles. The van der Waals surface area contributed by atoms with E-state index in [9.17, 15) is 23.1 Å². The zero-order chi connectivity index (χ0) is 12.3. The number of carbonyl (C=O) groups excluding carboxylic acids is 2. The monoisotopic (exact) mass is 242 g/mol. The molecule has 0 aromatic heterocycles. The Morgan fingerprint density at radius 3 is 2.56 bits per heavy atom. The maximum atomic E-state index is 11.0. The van der Waals surface area contributed by atoms with Crippen molar-refractivity contribution in [3.05, 3.63) is 29.3 Å². The Bertz CT molecular complexity index is 530. The Kier molecular flexibility index (Phi) is 3.44. The standard InChI is InChI=1S/C10H10O5S/c1-16(14,15)6-8-4-7(10(13)5-11)2-3-9(8)12/h2-5,12H,6H2,1H3. The first-order valence-corrected chi connectivity index (χ1v) is 6.38. The Hall–Kier alpha value is -1.69. The summed E-state index contributed by atoms with van der Waals surface area (Å²) in [6.45, 7) is 0. The van der Waals surface area contributed by atoms with Crippen LogP contribution >= 0.6 is 0 Å². The Morgan fingerprint density at radius 2 is 2.06 bits per heavy atom. The molecular weight excluding hydrogens is 232 g/mol. The zero-order valence-electron chi connectivity index (χ0n) is 8.50. The first kappa shape index (κ1) is 12.4. The van der Waals surface area contributed by atoms with Crippen molar-refractivity contribution in [2.75, 3.05) is 6.26 Å². The van der Waals surface area contributed by atoms with E-state index in [0.29, 0.717) is 0 Å². The highest BCUT2D eigenvalue weighted by Crippen LogP contribution is 2.20. The fourth-order valence-corrected chi connectivity index (χ4v) is 2.00. The minimum absolute atomic E-state index is 0.0615. The maximum Gasteiger partial charge on any atom is 0.225 e. The van der Waals surface area contributed by atoms with E-state index >= 15 is 0 Å². The molecule has 0 radical (unpaired) electrons. The van der Waals surface area contributed by atoms with Gasteiger partial charge in [0.1, 0.15) is 5.75 Å². The molecule has 1 rings (SSSR count). The quantitative estimate of drug-likeness (QED) is 0.466. The number of phenolic OH excluding ortho intramolecular Hbond substituents is 1. The van der Waals surface area contributed by atoms with Gasteiger partial charge < -0.3 is 5.11 Å². The van der Waals surface area contributed by atoms with Gasteiger partial charge in [0.2, 0.25) is 5.78 Å². The van der Waals surface area contributed by atoms with Gasteiger partial charge in [-0.1, -0.05) is 0 Å². The molecular formula is C10H10O5S. The second-order valence-electron chi connectivity index (χ2n) is 3.40. The van der Waals surface area contributed by atoms with Gasteiger partial charge in [-0.15, -0.1) is 0 Å². The van der Waals surface area contributed by atoms with Crippen LogP contribution in [-0.4, -0.2) is 31.8 Å². The molecule has 0 fully saturated rings. The smallest absolute Gasteiger partial charge is 0.225 e. The molecule has 0 unspecified atom stereocenters. The highest BCUT2D eigenvalue weighted by molar-refractivity contribution is 7.89. The van der Waals surface area contributed by atoms with E-state index in [2.05, 4.69) is 0 Å². The third-order valence-corrected chi connectivity index (χ3v) is 2.72. The lowest BCUT2D eigenvalue weighted by Crippen LogP contribution is -2.04. The lowest BCUT2D eigenvalue weighted by molar-refractivity contribution is -0.104. The number of benzene rings is 1. The Labute approximate surface area is 92.6 Å². The Morgan fingerprint density at radius 1 is 1.44 bits per heavy atom. The lowest BCUT2D eigenvalue weighted by atomic mass is 10.1. The fourth-order valence-electron chi connectivity index (χ4n) is 1.20. The molecule has 0 spiro atoms. The van der Waals surface area contributed by atoms with Crippen LogP contribution < -0.4 is 0 Å². The van der Waals surface area contributed by atoms with Crippen molar-refractivity contribution >= 4 is 21.9 Å². The largest absolute Gasteiger partial charge is 0.508 e. The summed E-state index contributed by atoms with van der Waals surface area (Å²) in [5.41, 5.74) is 0.168. The number of Topliss-reactive ketones (excluding diaryl/α,β-unsaturated/α-hetero) is 1. The van der Waals surface area contributed by atoms with Crippen molar-refractivity contribution in [1.29, 1.82) is 0 Å². The normalized spacial score (nSPS) is 11.1. The average molecular weight is 242 g/mol. The predicted molar refractivity (Wildman–Crippen MR) is 57.0 cm³/mol. The summed E-state index contributed by atoms with van der Waals surface area (Å²) < 4.78 is 22.1. The second kappa shape index (κ2) is 4.44. The molecule has 0 atom stereocenters. The van der Waals surface area contributed by atoms with Gasteiger partial charge in [-0.2, -0.15) is 0 Å². The molecule has 86 valence electrons. The van der Waals surface area contributed by atoms with Crippen LogP contribution in [0.1, 0.15) is 15.9 Å². The number of hydrogen-bond donors (Lipinski definition) is 1. The highest BCUT2D eigenvalue weighted by Gasteiger charge is 2.12. The van der Waals surface area contributed by atoms with Crippen LogP contribution in [0.15, 0.2) is 18.2 Å². The number of rotatable bonds is 4. The van der Waals surface area contributed by atoms with E-state index in [-0.39, 0.29) is 28.9 Å². The third kappa shape index (κ3) is 3.16. The molecule has 1 N–H and O–H groups in total. The van der Waals surface area contributed by atoms with Crippen molar-refractivity contribution < 1.29 is 23.1 Å². The zero-order valence-corrected chi connectivity index (χ0v) is 9.32.